The van der Waals surface area contributed by atoms with Gasteiger partial charge in [-0.05, 0) is 62.1 Å². The Bertz CT molecular complexity index is 711. The number of hydrogen-bond donors (Lipinski definition) is 2. The zero-order valence-electron chi connectivity index (χ0n) is 15.0. The summed E-state index contributed by atoms with van der Waals surface area (Å²) < 4.78 is 0. The van der Waals surface area contributed by atoms with Gasteiger partial charge in [-0.3, -0.25) is 4.79 Å². The Morgan fingerprint density at radius 1 is 1.00 bits per heavy atom. The maximum atomic E-state index is 12.3. The molecule has 2 aromatic carbocycles. The molecule has 1 saturated heterocycles. The molecule has 1 heterocycles. The first kappa shape index (κ1) is 18.7. The predicted molar refractivity (Wildman–Crippen MR) is 109 cm³/mol. The molecule has 2 N–H and O–H groups in total. The molecule has 138 valence electrons. The average Bonchev–Trinajstić information content (AvgIpc) is 2.68. The van der Waals surface area contributed by atoms with Crippen molar-refractivity contribution in [1.82, 2.24) is 5.32 Å². The summed E-state index contributed by atoms with van der Waals surface area (Å²) in [4.78, 5) is 14.7. The molecular weight excluding hydrogens is 346 g/mol. The van der Waals surface area contributed by atoms with Gasteiger partial charge < -0.3 is 15.5 Å². The van der Waals surface area contributed by atoms with Crippen LogP contribution in [0.4, 0.5) is 11.4 Å². The van der Waals surface area contributed by atoms with Crippen LogP contribution in [0.3, 0.4) is 0 Å². The molecule has 0 atom stereocenters. The summed E-state index contributed by atoms with van der Waals surface area (Å²) in [6.45, 7) is 3.18. The molecular formula is C21H26ClN3O. The lowest BCUT2D eigenvalue weighted by atomic mass is 10.1. The lowest BCUT2D eigenvalue weighted by molar-refractivity contribution is -0.115. The van der Waals surface area contributed by atoms with Crippen molar-refractivity contribution in [2.24, 2.45) is 0 Å². The molecule has 5 heteroatoms. The van der Waals surface area contributed by atoms with Gasteiger partial charge in [0.1, 0.15) is 0 Å². The fourth-order valence-corrected chi connectivity index (χ4v) is 3.40. The number of carbonyl (C=O) groups excluding carboxylic acids is 1. The number of halogens is 1. The molecule has 0 bridgehead atoms. The maximum absolute atomic E-state index is 12.3. The molecule has 1 amide bonds. The summed E-state index contributed by atoms with van der Waals surface area (Å²) >= 11 is 5.89. The number of nitrogens with zero attached hydrogens (tertiary/aromatic N) is 1. The van der Waals surface area contributed by atoms with E-state index in [9.17, 15) is 4.79 Å². The largest absolute Gasteiger partial charge is 0.370 e. The van der Waals surface area contributed by atoms with Crippen LogP contribution in [0.25, 0.3) is 0 Å². The molecule has 3 rings (SSSR count). The lowest BCUT2D eigenvalue weighted by Gasteiger charge is -2.30. The molecule has 2 aromatic rings. The molecule has 0 spiro atoms. The van der Waals surface area contributed by atoms with Gasteiger partial charge in [0.05, 0.1) is 17.9 Å². The fourth-order valence-electron chi connectivity index (χ4n) is 3.27. The van der Waals surface area contributed by atoms with Gasteiger partial charge in [-0.2, -0.15) is 0 Å². The van der Waals surface area contributed by atoms with Gasteiger partial charge in [-0.25, -0.2) is 0 Å². The summed E-state index contributed by atoms with van der Waals surface area (Å²) in [5, 5.41) is 7.01. The molecule has 1 fully saturated rings. The van der Waals surface area contributed by atoms with Crippen LogP contribution in [-0.4, -0.2) is 32.1 Å². The van der Waals surface area contributed by atoms with Gasteiger partial charge in [0.15, 0.2) is 0 Å². The third-order valence-corrected chi connectivity index (χ3v) is 4.92. The Kier molecular flexibility index (Phi) is 6.92. The van der Waals surface area contributed by atoms with E-state index in [0.717, 1.165) is 42.5 Å². The van der Waals surface area contributed by atoms with Crippen molar-refractivity contribution in [2.75, 3.05) is 36.4 Å². The van der Waals surface area contributed by atoms with Crippen molar-refractivity contribution in [3.63, 3.8) is 0 Å². The number of hydrogen-bond acceptors (Lipinski definition) is 3. The Hall–Kier alpha value is -2.04. The Morgan fingerprint density at radius 3 is 2.50 bits per heavy atom. The van der Waals surface area contributed by atoms with Gasteiger partial charge in [-0.15, -0.1) is 0 Å². The topological polar surface area (TPSA) is 44.4 Å². The van der Waals surface area contributed by atoms with Crippen molar-refractivity contribution in [3.05, 3.63) is 59.1 Å². The van der Waals surface area contributed by atoms with E-state index in [0.29, 0.717) is 6.54 Å². The summed E-state index contributed by atoms with van der Waals surface area (Å²) in [6, 6.07) is 15.9. The molecule has 1 aliphatic rings. The molecule has 0 saturated carbocycles. The molecule has 0 unspecified atom stereocenters. The zero-order valence-corrected chi connectivity index (χ0v) is 15.8. The first-order valence-electron chi connectivity index (χ1n) is 9.31. The van der Waals surface area contributed by atoms with E-state index in [1.807, 2.05) is 42.5 Å². The number of anilines is 2. The van der Waals surface area contributed by atoms with Gasteiger partial charge >= 0.3 is 0 Å². The Labute approximate surface area is 160 Å². The minimum Gasteiger partial charge on any atom is -0.370 e. The number of rotatable bonds is 7. The van der Waals surface area contributed by atoms with Crippen molar-refractivity contribution in [1.29, 1.82) is 0 Å². The summed E-state index contributed by atoms with van der Waals surface area (Å²) in [6.07, 6.45) is 4.60. The Morgan fingerprint density at radius 2 is 1.73 bits per heavy atom. The van der Waals surface area contributed by atoms with Crippen LogP contribution >= 0.6 is 11.6 Å². The fraction of sp³-hybridized carbons (Fsp3) is 0.381. The van der Waals surface area contributed by atoms with E-state index in [1.54, 1.807) is 0 Å². The second kappa shape index (κ2) is 9.60. The number of benzene rings is 2. The lowest BCUT2D eigenvalue weighted by Crippen LogP contribution is -2.32. The highest BCUT2D eigenvalue weighted by Gasteiger charge is 2.15. The van der Waals surface area contributed by atoms with Crippen LogP contribution in [0, 0.1) is 0 Å². The van der Waals surface area contributed by atoms with E-state index >= 15 is 0 Å². The molecule has 0 aliphatic carbocycles. The highest BCUT2D eigenvalue weighted by molar-refractivity contribution is 6.30. The molecule has 0 radical (unpaired) electrons. The van der Waals surface area contributed by atoms with E-state index < -0.39 is 0 Å². The smallest absolute Gasteiger partial charge is 0.238 e. The van der Waals surface area contributed by atoms with Gasteiger partial charge in [0, 0.05) is 18.1 Å². The zero-order chi connectivity index (χ0) is 18.2. The molecule has 0 aromatic heterocycles. The van der Waals surface area contributed by atoms with Gasteiger partial charge in [0.25, 0.3) is 0 Å². The van der Waals surface area contributed by atoms with Crippen molar-refractivity contribution in [2.45, 2.75) is 25.7 Å². The monoisotopic (exact) mass is 371 g/mol. The van der Waals surface area contributed by atoms with E-state index in [4.69, 9.17) is 11.6 Å². The average molecular weight is 372 g/mol. The molecule has 26 heavy (non-hydrogen) atoms. The van der Waals surface area contributed by atoms with E-state index in [1.165, 1.54) is 24.8 Å². The van der Waals surface area contributed by atoms with Crippen LogP contribution in [-0.2, 0) is 11.2 Å². The van der Waals surface area contributed by atoms with Gasteiger partial charge in [0.2, 0.25) is 5.91 Å². The normalized spacial score (nSPS) is 14.3. The predicted octanol–water partition coefficient (Wildman–Crippen LogP) is 4.10. The highest BCUT2D eigenvalue weighted by atomic mass is 35.5. The standard InChI is InChI=1S/C21H26ClN3O/c22-18-10-8-17(9-11-18)12-13-23-16-21(26)24-19-6-2-3-7-20(19)25-14-4-1-5-15-25/h2-3,6-11,23H,1,4-5,12-16H2,(H,24,26). The third kappa shape index (κ3) is 5.48. The van der Waals surface area contributed by atoms with Crippen LogP contribution in [0.15, 0.2) is 48.5 Å². The van der Waals surface area contributed by atoms with Crippen molar-refractivity contribution >= 4 is 28.9 Å². The summed E-state index contributed by atoms with van der Waals surface area (Å²) in [5.41, 5.74) is 3.23. The molecule has 1 aliphatic heterocycles. The second-order valence-corrected chi connectivity index (χ2v) is 7.10. The van der Waals surface area contributed by atoms with Crippen molar-refractivity contribution < 1.29 is 4.79 Å². The summed E-state index contributed by atoms with van der Waals surface area (Å²) in [5.74, 6) is -0.00874. The quantitative estimate of drug-likeness (QED) is 0.720. The van der Waals surface area contributed by atoms with E-state index in [2.05, 4.69) is 21.6 Å². The van der Waals surface area contributed by atoms with Crippen LogP contribution in [0.1, 0.15) is 24.8 Å². The van der Waals surface area contributed by atoms with Crippen LogP contribution in [0.2, 0.25) is 5.02 Å². The maximum Gasteiger partial charge on any atom is 0.238 e. The highest BCUT2D eigenvalue weighted by Crippen LogP contribution is 2.28. The number of para-hydroxylation sites is 2. The number of piperidine rings is 1. The van der Waals surface area contributed by atoms with Gasteiger partial charge in [-0.1, -0.05) is 35.9 Å². The summed E-state index contributed by atoms with van der Waals surface area (Å²) in [7, 11) is 0. The number of carbonyl (C=O) groups is 1. The molecule has 4 nitrogen and oxygen atoms in total. The third-order valence-electron chi connectivity index (χ3n) is 4.66. The Balaban J connectivity index is 1.46. The second-order valence-electron chi connectivity index (χ2n) is 6.67. The SMILES string of the molecule is O=C(CNCCc1ccc(Cl)cc1)Nc1ccccc1N1CCCCC1. The first-order chi connectivity index (χ1) is 12.7. The van der Waals surface area contributed by atoms with Crippen LogP contribution < -0.4 is 15.5 Å². The number of nitrogens with one attached hydrogen (secondary N) is 2. The van der Waals surface area contributed by atoms with Crippen LogP contribution in [0.5, 0.6) is 0 Å². The minimum absolute atomic E-state index is 0.00874. The first-order valence-corrected chi connectivity index (χ1v) is 9.69. The minimum atomic E-state index is -0.00874. The van der Waals surface area contributed by atoms with Crippen molar-refractivity contribution in [3.8, 4) is 0 Å². The van der Waals surface area contributed by atoms with E-state index in [-0.39, 0.29) is 5.91 Å². The number of amides is 1.